The van der Waals surface area contributed by atoms with Crippen LogP contribution in [-0.2, 0) is 0 Å². The Morgan fingerprint density at radius 2 is 0.909 bits per heavy atom. The monoisotopic (exact) mass is 384 g/mol. The van der Waals surface area contributed by atoms with Gasteiger partial charge in [-0.15, -0.1) is 0 Å². The van der Waals surface area contributed by atoms with Crippen LogP contribution >= 0.6 is 0 Å². The summed E-state index contributed by atoms with van der Waals surface area (Å²) in [6.07, 6.45) is 0. The summed E-state index contributed by atoms with van der Waals surface area (Å²) in [6.45, 7) is 4.19. The molecule has 0 fully saturated rings. The molecule has 0 unspecified atom stereocenters. The van der Waals surface area contributed by atoms with Crippen molar-refractivity contribution in [3.05, 3.63) is 35.4 Å². The second kappa shape index (κ2) is 9.53. The number of halogens is 2. The Kier molecular flexibility index (Phi) is 15.8. The van der Waals surface area contributed by atoms with E-state index in [1.807, 2.05) is 0 Å². The molecule has 0 nitrogen and oxygen atoms in total. The van der Waals surface area contributed by atoms with Crippen molar-refractivity contribution in [2.45, 2.75) is 13.8 Å². The summed E-state index contributed by atoms with van der Waals surface area (Å²) in [6, 6.07) is 8.48. The van der Waals surface area contributed by atoms with Crippen LogP contribution in [0.25, 0.3) is 0 Å². The molecule has 1 aromatic carbocycles. The second-order valence-corrected chi connectivity index (χ2v) is 2.15. The van der Waals surface area contributed by atoms with Crippen LogP contribution in [0.5, 0.6) is 0 Å². The van der Waals surface area contributed by atoms with Crippen molar-refractivity contribution < 1.29 is 48.0 Å². The van der Waals surface area contributed by atoms with Gasteiger partial charge in [0, 0.05) is 0 Å². The number of aryl methyl sites for hydroxylation is 2. The van der Waals surface area contributed by atoms with Crippen LogP contribution in [0.1, 0.15) is 11.1 Å². The van der Waals surface area contributed by atoms with E-state index >= 15 is 0 Å². The van der Waals surface area contributed by atoms with E-state index in [0.717, 1.165) is 0 Å². The molecule has 58 valence electrons. The van der Waals surface area contributed by atoms with Gasteiger partial charge in [0.25, 0.3) is 0 Å². The molecule has 0 aliphatic rings. The molecule has 0 saturated heterocycles. The van der Waals surface area contributed by atoms with Crippen LogP contribution in [0.4, 0.5) is 0 Å². The van der Waals surface area contributed by atoms with E-state index in [0.29, 0.717) is 0 Å². The Morgan fingerprint density at radius 3 is 1.09 bits per heavy atom. The van der Waals surface area contributed by atoms with Crippen molar-refractivity contribution in [1.29, 1.82) is 0 Å². The first-order valence-electron chi connectivity index (χ1n) is 2.82. The minimum absolute atomic E-state index is 0. The van der Waals surface area contributed by atoms with Gasteiger partial charge in [0.15, 0.2) is 0 Å². The molecule has 0 radical (unpaired) electrons. The molecule has 11 heavy (non-hydrogen) atoms. The zero-order valence-electron chi connectivity index (χ0n) is 6.77. The number of benzene rings is 1. The van der Waals surface area contributed by atoms with Gasteiger partial charge in [-0.3, -0.25) is 0 Å². The average Bonchev–Trinajstić information content (AvgIpc) is 1.77. The molecule has 0 aliphatic carbocycles. The maximum absolute atomic E-state index is 2.12. The fourth-order valence-electron chi connectivity index (χ4n) is 0.637. The van der Waals surface area contributed by atoms with Crippen LogP contribution in [0.15, 0.2) is 24.3 Å². The van der Waals surface area contributed by atoms with Gasteiger partial charge in [-0.25, -0.2) is 0 Å². The standard InChI is InChI=1S/C8H10.2HI.Mg/c1-7-3-5-8(2)6-4-7;;;/h3-6H,1-2H3;2*1H;/q;;;+2/p-2. The third kappa shape index (κ3) is 7.80. The number of rotatable bonds is 0. The van der Waals surface area contributed by atoms with Gasteiger partial charge in [-0.2, -0.15) is 0 Å². The van der Waals surface area contributed by atoms with Gasteiger partial charge >= 0.3 is 23.1 Å². The summed E-state index contributed by atoms with van der Waals surface area (Å²) >= 11 is 0. The van der Waals surface area contributed by atoms with Gasteiger partial charge in [0.2, 0.25) is 0 Å². The molecule has 0 aliphatic heterocycles. The Balaban J connectivity index is -0.000000213. The van der Waals surface area contributed by atoms with E-state index in [1.165, 1.54) is 11.1 Å². The molecule has 0 spiro atoms. The third-order valence-corrected chi connectivity index (χ3v) is 1.22. The summed E-state index contributed by atoms with van der Waals surface area (Å²) < 4.78 is 0. The summed E-state index contributed by atoms with van der Waals surface area (Å²) in [7, 11) is 0. The van der Waals surface area contributed by atoms with Crippen LogP contribution in [-0.4, -0.2) is 23.1 Å². The Bertz CT molecular complexity index is 151. The third-order valence-electron chi connectivity index (χ3n) is 1.22. The second-order valence-electron chi connectivity index (χ2n) is 2.15. The van der Waals surface area contributed by atoms with Gasteiger partial charge in [-0.1, -0.05) is 35.4 Å². The summed E-state index contributed by atoms with van der Waals surface area (Å²) in [5.41, 5.74) is 2.66. The zero-order valence-corrected chi connectivity index (χ0v) is 12.5. The van der Waals surface area contributed by atoms with Crippen molar-refractivity contribution in [1.82, 2.24) is 0 Å². The summed E-state index contributed by atoms with van der Waals surface area (Å²) in [4.78, 5) is 0. The van der Waals surface area contributed by atoms with Crippen molar-refractivity contribution in [2.24, 2.45) is 0 Å². The van der Waals surface area contributed by atoms with Gasteiger partial charge < -0.3 is 48.0 Å². The molecule has 0 N–H and O–H groups in total. The average molecular weight is 384 g/mol. The molecule has 0 amide bonds. The first-order chi connectivity index (χ1) is 3.79. The first-order valence-corrected chi connectivity index (χ1v) is 2.82. The maximum Gasteiger partial charge on any atom is 2.00 e. The topological polar surface area (TPSA) is 0 Å². The Hall–Kier alpha value is 1.45. The van der Waals surface area contributed by atoms with Gasteiger partial charge in [0.1, 0.15) is 0 Å². The van der Waals surface area contributed by atoms with Crippen molar-refractivity contribution in [3.63, 3.8) is 0 Å². The normalized spacial score (nSPS) is 6.73. The van der Waals surface area contributed by atoms with Crippen molar-refractivity contribution in [3.8, 4) is 0 Å². The molecule has 0 heterocycles. The Labute approximate surface area is 119 Å². The van der Waals surface area contributed by atoms with Crippen molar-refractivity contribution in [2.75, 3.05) is 0 Å². The van der Waals surface area contributed by atoms with Crippen LogP contribution < -0.4 is 48.0 Å². The molecule has 3 heteroatoms. The molecular weight excluding hydrogens is 374 g/mol. The predicted octanol–water partition coefficient (Wildman–Crippen LogP) is -4.07. The fraction of sp³-hybridized carbons (Fsp3) is 0.250. The van der Waals surface area contributed by atoms with Crippen LogP contribution in [0, 0.1) is 13.8 Å². The Morgan fingerprint density at radius 1 is 0.727 bits per heavy atom. The van der Waals surface area contributed by atoms with Crippen molar-refractivity contribution >= 4 is 23.1 Å². The molecule has 0 atom stereocenters. The van der Waals surface area contributed by atoms with E-state index in [1.54, 1.807) is 0 Å². The maximum atomic E-state index is 2.12. The number of hydrogen-bond acceptors (Lipinski definition) is 0. The van der Waals surface area contributed by atoms with E-state index in [9.17, 15) is 0 Å². The molecule has 1 aromatic rings. The van der Waals surface area contributed by atoms with E-state index < -0.39 is 0 Å². The van der Waals surface area contributed by atoms with Crippen LogP contribution in [0.3, 0.4) is 0 Å². The SMILES string of the molecule is Cc1ccc(C)cc1.[I-].[I-].[Mg+2]. The molecule has 0 saturated carbocycles. The smallest absolute Gasteiger partial charge is 1.00 e. The first kappa shape index (κ1) is 18.3. The zero-order chi connectivity index (χ0) is 5.98. The summed E-state index contributed by atoms with van der Waals surface area (Å²) in [5.74, 6) is 0. The minimum atomic E-state index is 0. The van der Waals surface area contributed by atoms with Crippen LogP contribution in [0.2, 0.25) is 0 Å². The van der Waals surface area contributed by atoms with E-state index in [4.69, 9.17) is 0 Å². The molecule has 0 aromatic heterocycles. The van der Waals surface area contributed by atoms with Gasteiger partial charge in [-0.05, 0) is 13.8 Å². The molecular formula is C8H10I2Mg. The van der Waals surface area contributed by atoms with Gasteiger partial charge in [0.05, 0.1) is 0 Å². The predicted molar refractivity (Wildman–Crippen MR) is 41.7 cm³/mol. The van der Waals surface area contributed by atoms with E-state index in [2.05, 4.69) is 38.1 Å². The molecule has 1 rings (SSSR count). The largest absolute Gasteiger partial charge is 2.00 e. The number of hydrogen-bond donors (Lipinski definition) is 0. The minimum Gasteiger partial charge on any atom is -1.00 e. The van der Waals surface area contributed by atoms with E-state index in [-0.39, 0.29) is 71.0 Å². The quantitative estimate of drug-likeness (QED) is 0.316. The molecule has 0 bridgehead atoms. The summed E-state index contributed by atoms with van der Waals surface area (Å²) in [5, 5.41) is 0. The fourth-order valence-corrected chi connectivity index (χ4v) is 0.637.